The molecule has 0 saturated carbocycles. The first-order chi connectivity index (χ1) is 9.25. The third-order valence-electron chi connectivity index (χ3n) is 3.65. The summed E-state index contributed by atoms with van der Waals surface area (Å²) in [7, 11) is 1.76. The standard InChI is InChI=1S/C13H17N5O/c1-17-12-11(9-14-17)13(19)18(16-15-12)8-7-10-5-3-2-4-6-10/h5,9H,2-4,6-8H2,1H3. The van der Waals surface area contributed by atoms with Gasteiger partial charge in [-0.25, -0.2) is 9.36 Å². The Balaban J connectivity index is 1.83. The molecule has 0 spiro atoms. The van der Waals surface area contributed by atoms with Crippen LogP contribution in [0.4, 0.5) is 0 Å². The summed E-state index contributed by atoms with van der Waals surface area (Å²) in [5.41, 5.74) is 1.87. The fraction of sp³-hybridized carbons (Fsp3) is 0.538. The molecule has 0 aromatic carbocycles. The van der Waals surface area contributed by atoms with Crippen molar-refractivity contribution in [1.29, 1.82) is 0 Å². The van der Waals surface area contributed by atoms with Crippen LogP contribution >= 0.6 is 0 Å². The van der Waals surface area contributed by atoms with E-state index >= 15 is 0 Å². The third-order valence-corrected chi connectivity index (χ3v) is 3.65. The minimum Gasteiger partial charge on any atom is -0.267 e. The average molecular weight is 259 g/mol. The van der Waals surface area contributed by atoms with E-state index in [1.165, 1.54) is 23.1 Å². The summed E-state index contributed by atoms with van der Waals surface area (Å²) in [5.74, 6) is 0. The Bertz CT molecular complexity index is 682. The SMILES string of the molecule is Cn1ncc2c(=O)n(CCC3=CCCCC3)nnc21. The van der Waals surface area contributed by atoms with Crippen molar-refractivity contribution in [1.82, 2.24) is 24.8 Å². The monoisotopic (exact) mass is 259 g/mol. The number of fused-ring (bicyclic) bond motifs is 1. The Morgan fingerprint density at radius 2 is 2.26 bits per heavy atom. The van der Waals surface area contributed by atoms with Crippen LogP contribution in [0.25, 0.3) is 11.0 Å². The summed E-state index contributed by atoms with van der Waals surface area (Å²) >= 11 is 0. The van der Waals surface area contributed by atoms with E-state index in [0.717, 1.165) is 19.3 Å². The summed E-state index contributed by atoms with van der Waals surface area (Å²) in [6.45, 7) is 0.600. The van der Waals surface area contributed by atoms with Gasteiger partial charge in [0.2, 0.25) is 0 Å². The molecule has 0 bridgehead atoms. The van der Waals surface area contributed by atoms with Crippen molar-refractivity contribution in [2.45, 2.75) is 38.6 Å². The second kappa shape index (κ2) is 4.95. The van der Waals surface area contributed by atoms with E-state index in [9.17, 15) is 4.79 Å². The molecule has 1 aliphatic carbocycles. The number of aryl methyl sites for hydroxylation is 2. The number of nitrogens with zero attached hydrogens (tertiary/aromatic N) is 5. The zero-order valence-electron chi connectivity index (χ0n) is 11.0. The molecule has 0 radical (unpaired) electrons. The van der Waals surface area contributed by atoms with Gasteiger partial charge in [-0.15, -0.1) is 5.10 Å². The largest absolute Gasteiger partial charge is 0.280 e. The number of hydrogen-bond acceptors (Lipinski definition) is 4. The van der Waals surface area contributed by atoms with Crippen molar-refractivity contribution in [3.8, 4) is 0 Å². The highest BCUT2D eigenvalue weighted by Crippen LogP contribution is 2.20. The van der Waals surface area contributed by atoms with Crippen LogP contribution in [-0.4, -0.2) is 24.8 Å². The van der Waals surface area contributed by atoms with Crippen molar-refractivity contribution in [2.24, 2.45) is 7.05 Å². The lowest BCUT2D eigenvalue weighted by Gasteiger charge is -2.12. The van der Waals surface area contributed by atoms with Gasteiger partial charge in [0.05, 0.1) is 12.7 Å². The summed E-state index contributed by atoms with van der Waals surface area (Å²) in [6, 6.07) is 0. The topological polar surface area (TPSA) is 65.6 Å². The van der Waals surface area contributed by atoms with Gasteiger partial charge in [0.25, 0.3) is 5.56 Å². The van der Waals surface area contributed by atoms with Crippen LogP contribution in [0.2, 0.25) is 0 Å². The molecule has 1 aliphatic rings. The smallest absolute Gasteiger partial charge is 0.267 e. The summed E-state index contributed by atoms with van der Waals surface area (Å²) in [6.07, 6.45) is 9.60. The fourth-order valence-corrected chi connectivity index (χ4v) is 2.50. The molecule has 6 heteroatoms. The summed E-state index contributed by atoms with van der Waals surface area (Å²) in [5, 5.41) is 12.6. The van der Waals surface area contributed by atoms with Crippen LogP contribution in [-0.2, 0) is 13.6 Å². The molecular weight excluding hydrogens is 242 g/mol. The van der Waals surface area contributed by atoms with Crippen molar-refractivity contribution in [2.75, 3.05) is 0 Å². The number of rotatable bonds is 3. The van der Waals surface area contributed by atoms with Crippen LogP contribution in [0, 0.1) is 0 Å². The molecule has 3 rings (SSSR count). The van der Waals surface area contributed by atoms with Crippen LogP contribution in [0.15, 0.2) is 22.6 Å². The van der Waals surface area contributed by atoms with Gasteiger partial charge >= 0.3 is 0 Å². The molecule has 2 aromatic heterocycles. The van der Waals surface area contributed by atoms with E-state index in [1.54, 1.807) is 17.9 Å². The summed E-state index contributed by atoms with van der Waals surface area (Å²) in [4.78, 5) is 12.2. The van der Waals surface area contributed by atoms with Gasteiger partial charge in [-0.3, -0.25) is 4.79 Å². The van der Waals surface area contributed by atoms with Crippen LogP contribution in [0.3, 0.4) is 0 Å². The van der Waals surface area contributed by atoms with Gasteiger partial charge in [-0.2, -0.15) is 5.10 Å². The molecule has 0 saturated heterocycles. The molecule has 0 aliphatic heterocycles. The Labute approximate surface area is 110 Å². The van der Waals surface area contributed by atoms with Gasteiger partial charge in [0, 0.05) is 7.05 Å². The van der Waals surface area contributed by atoms with E-state index in [0.29, 0.717) is 17.6 Å². The Morgan fingerprint density at radius 3 is 3.05 bits per heavy atom. The first kappa shape index (κ1) is 12.1. The van der Waals surface area contributed by atoms with Gasteiger partial charge in [-0.1, -0.05) is 16.9 Å². The van der Waals surface area contributed by atoms with Crippen molar-refractivity contribution >= 4 is 11.0 Å². The van der Waals surface area contributed by atoms with Crippen LogP contribution in [0.5, 0.6) is 0 Å². The zero-order chi connectivity index (χ0) is 13.2. The molecular formula is C13H17N5O. The molecule has 6 nitrogen and oxygen atoms in total. The van der Waals surface area contributed by atoms with Gasteiger partial charge in [0.1, 0.15) is 5.39 Å². The Kier molecular flexibility index (Phi) is 3.15. The molecule has 0 amide bonds. The van der Waals surface area contributed by atoms with Gasteiger partial charge in [-0.05, 0) is 32.1 Å². The van der Waals surface area contributed by atoms with Crippen LogP contribution < -0.4 is 5.56 Å². The van der Waals surface area contributed by atoms with Crippen molar-refractivity contribution in [3.05, 3.63) is 28.2 Å². The maximum Gasteiger partial charge on any atom is 0.280 e. The molecule has 2 aromatic rings. The number of aromatic nitrogens is 5. The first-order valence-corrected chi connectivity index (χ1v) is 6.69. The van der Waals surface area contributed by atoms with E-state index in [-0.39, 0.29) is 5.56 Å². The quantitative estimate of drug-likeness (QED) is 0.782. The number of allylic oxidation sites excluding steroid dienone is 2. The molecule has 0 fully saturated rings. The molecule has 19 heavy (non-hydrogen) atoms. The molecule has 0 unspecified atom stereocenters. The second-order valence-corrected chi connectivity index (χ2v) is 4.98. The normalized spacial score (nSPS) is 15.7. The lowest BCUT2D eigenvalue weighted by Crippen LogP contribution is -2.24. The van der Waals surface area contributed by atoms with E-state index in [1.807, 2.05) is 0 Å². The molecule has 2 heterocycles. The van der Waals surface area contributed by atoms with Gasteiger partial charge < -0.3 is 0 Å². The number of hydrogen-bond donors (Lipinski definition) is 0. The van der Waals surface area contributed by atoms with E-state index < -0.39 is 0 Å². The van der Waals surface area contributed by atoms with E-state index in [4.69, 9.17) is 0 Å². The fourth-order valence-electron chi connectivity index (χ4n) is 2.50. The van der Waals surface area contributed by atoms with Crippen LogP contribution in [0.1, 0.15) is 32.1 Å². The lowest BCUT2D eigenvalue weighted by molar-refractivity contribution is 0.531. The molecule has 0 N–H and O–H groups in total. The maximum atomic E-state index is 12.2. The zero-order valence-corrected chi connectivity index (χ0v) is 11.0. The predicted molar refractivity (Wildman–Crippen MR) is 71.7 cm³/mol. The highest BCUT2D eigenvalue weighted by Gasteiger charge is 2.10. The van der Waals surface area contributed by atoms with Crippen molar-refractivity contribution < 1.29 is 0 Å². The minimum atomic E-state index is -0.102. The third kappa shape index (κ3) is 2.30. The molecule has 100 valence electrons. The second-order valence-electron chi connectivity index (χ2n) is 4.98. The minimum absolute atomic E-state index is 0.102. The van der Waals surface area contributed by atoms with Gasteiger partial charge in [0.15, 0.2) is 5.65 Å². The van der Waals surface area contributed by atoms with E-state index in [2.05, 4.69) is 21.5 Å². The highest BCUT2D eigenvalue weighted by molar-refractivity contribution is 5.72. The van der Waals surface area contributed by atoms with Crippen molar-refractivity contribution in [3.63, 3.8) is 0 Å². The lowest BCUT2D eigenvalue weighted by atomic mass is 9.97. The average Bonchev–Trinajstić information content (AvgIpc) is 2.82. The Hall–Kier alpha value is -1.98. The Morgan fingerprint density at radius 1 is 1.37 bits per heavy atom. The molecule has 0 atom stereocenters. The predicted octanol–water partition coefficient (Wildman–Crippen LogP) is 1.42. The highest BCUT2D eigenvalue weighted by atomic mass is 16.1. The first-order valence-electron chi connectivity index (χ1n) is 6.69. The maximum absolute atomic E-state index is 12.2. The summed E-state index contributed by atoms with van der Waals surface area (Å²) < 4.78 is 3.01.